The lowest BCUT2D eigenvalue weighted by atomic mass is 10.4. The van der Waals surface area contributed by atoms with Crippen LogP contribution in [-0.4, -0.2) is 18.1 Å². The molecule has 0 fully saturated rings. The average molecular weight is 199 g/mol. The minimum Gasteiger partial charge on any atom is -0.459 e. The molecule has 0 saturated heterocycles. The molecule has 0 spiro atoms. The minimum atomic E-state index is -0.373. The molecule has 13 heavy (non-hydrogen) atoms. The highest BCUT2D eigenvalue weighted by Gasteiger charge is 2.06. The third-order valence-electron chi connectivity index (χ3n) is 1.26. The molecule has 0 aliphatic carbocycles. The van der Waals surface area contributed by atoms with Crippen LogP contribution in [0, 0.1) is 0 Å². The van der Waals surface area contributed by atoms with E-state index in [2.05, 4.69) is 16.2 Å². The summed E-state index contributed by atoms with van der Waals surface area (Å²) in [6.07, 6.45) is 1.42. The number of carbonyl (C=O) groups is 1. The van der Waals surface area contributed by atoms with E-state index in [1.165, 1.54) is 6.26 Å². The second kappa shape index (κ2) is 4.46. The summed E-state index contributed by atoms with van der Waals surface area (Å²) in [6, 6.07) is 3.19. The van der Waals surface area contributed by atoms with Gasteiger partial charge in [-0.3, -0.25) is 15.6 Å². The maximum atomic E-state index is 11.2. The van der Waals surface area contributed by atoms with E-state index in [4.69, 9.17) is 16.6 Å². The van der Waals surface area contributed by atoms with Crippen molar-refractivity contribution in [2.45, 2.75) is 0 Å². The molecule has 1 amide bonds. The molecule has 1 rings (SSSR count). The van der Waals surface area contributed by atoms with Crippen molar-refractivity contribution in [1.29, 1.82) is 0 Å². The highest BCUT2D eigenvalue weighted by molar-refractivity contribution is 7.80. The number of furan rings is 1. The fraction of sp³-hybridized carbons (Fsp3) is 0.143. The molecule has 0 aliphatic rings. The van der Waals surface area contributed by atoms with E-state index in [0.29, 0.717) is 5.11 Å². The third kappa shape index (κ3) is 2.75. The summed E-state index contributed by atoms with van der Waals surface area (Å²) in [5, 5.41) is 2.97. The zero-order chi connectivity index (χ0) is 9.68. The molecule has 0 aromatic carbocycles. The van der Waals surface area contributed by atoms with E-state index >= 15 is 0 Å². The van der Waals surface area contributed by atoms with Gasteiger partial charge in [0.15, 0.2) is 10.9 Å². The van der Waals surface area contributed by atoms with Crippen LogP contribution < -0.4 is 16.2 Å². The van der Waals surface area contributed by atoms with Crippen molar-refractivity contribution in [3.05, 3.63) is 24.2 Å². The first-order valence-electron chi connectivity index (χ1n) is 3.55. The van der Waals surface area contributed by atoms with E-state index in [-0.39, 0.29) is 11.7 Å². The molecular weight excluding hydrogens is 190 g/mol. The van der Waals surface area contributed by atoms with Gasteiger partial charge in [-0.1, -0.05) is 0 Å². The van der Waals surface area contributed by atoms with Gasteiger partial charge in [0, 0.05) is 7.05 Å². The summed E-state index contributed by atoms with van der Waals surface area (Å²) < 4.78 is 4.85. The molecule has 0 unspecified atom stereocenters. The molecule has 0 saturated carbocycles. The molecule has 0 atom stereocenters. The Kier molecular flexibility index (Phi) is 3.27. The zero-order valence-electron chi connectivity index (χ0n) is 6.96. The Bertz CT molecular complexity index is 297. The minimum absolute atomic E-state index is 0.228. The number of thiocarbonyl (C=S) groups is 1. The lowest BCUT2D eigenvalue weighted by Gasteiger charge is -2.06. The molecule has 1 aromatic rings. The summed E-state index contributed by atoms with van der Waals surface area (Å²) in [4.78, 5) is 11.2. The number of hydrogen-bond acceptors (Lipinski definition) is 3. The Balaban J connectivity index is 2.39. The predicted octanol–water partition coefficient (Wildman–Crippen LogP) is 0.0183. The monoisotopic (exact) mass is 199 g/mol. The van der Waals surface area contributed by atoms with Crippen molar-refractivity contribution in [3.63, 3.8) is 0 Å². The van der Waals surface area contributed by atoms with Gasteiger partial charge in [0.2, 0.25) is 0 Å². The number of nitrogens with one attached hydrogen (secondary N) is 3. The smallest absolute Gasteiger partial charge is 0.305 e. The van der Waals surface area contributed by atoms with Gasteiger partial charge in [0.1, 0.15) is 0 Å². The summed E-state index contributed by atoms with van der Waals surface area (Å²) in [5.74, 6) is -0.144. The second-order valence-corrected chi connectivity index (χ2v) is 2.54. The van der Waals surface area contributed by atoms with Crippen molar-refractivity contribution in [2.24, 2.45) is 0 Å². The van der Waals surface area contributed by atoms with Crippen molar-refractivity contribution in [2.75, 3.05) is 7.05 Å². The van der Waals surface area contributed by atoms with Gasteiger partial charge in [0.05, 0.1) is 6.26 Å². The van der Waals surface area contributed by atoms with Crippen LogP contribution in [0.1, 0.15) is 10.6 Å². The van der Waals surface area contributed by atoms with Crippen LogP contribution in [-0.2, 0) is 0 Å². The fourth-order valence-corrected chi connectivity index (χ4v) is 0.696. The molecule has 5 nitrogen and oxygen atoms in total. The van der Waals surface area contributed by atoms with Gasteiger partial charge in [-0.2, -0.15) is 0 Å². The summed E-state index contributed by atoms with van der Waals surface area (Å²) >= 11 is 4.74. The Hall–Kier alpha value is -1.56. The van der Waals surface area contributed by atoms with Gasteiger partial charge < -0.3 is 9.73 Å². The topological polar surface area (TPSA) is 66.3 Å². The molecule has 1 heterocycles. The maximum absolute atomic E-state index is 11.2. The Morgan fingerprint density at radius 3 is 2.85 bits per heavy atom. The molecule has 70 valence electrons. The number of rotatable bonds is 1. The summed E-state index contributed by atoms with van der Waals surface area (Å²) in [5.41, 5.74) is 4.83. The molecule has 0 bridgehead atoms. The number of carbonyl (C=O) groups excluding carboxylic acids is 1. The molecule has 0 aliphatic heterocycles. The van der Waals surface area contributed by atoms with Crippen LogP contribution >= 0.6 is 12.2 Å². The van der Waals surface area contributed by atoms with E-state index in [1.54, 1.807) is 19.2 Å². The van der Waals surface area contributed by atoms with Gasteiger partial charge in [-0.05, 0) is 24.4 Å². The van der Waals surface area contributed by atoms with Crippen molar-refractivity contribution in [1.82, 2.24) is 16.2 Å². The molecular formula is C7H9N3O2S. The van der Waals surface area contributed by atoms with Crippen LogP contribution in [0.15, 0.2) is 22.8 Å². The van der Waals surface area contributed by atoms with E-state index in [0.717, 1.165) is 0 Å². The highest BCUT2D eigenvalue weighted by atomic mass is 32.1. The van der Waals surface area contributed by atoms with E-state index in [1.807, 2.05) is 0 Å². The SMILES string of the molecule is CNC(=S)NNC(=O)c1ccco1. The molecule has 0 radical (unpaired) electrons. The fourth-order valence-electron chi connectivity index (χ4n) is 0.645. The number of hydrogen-bond donors (Lipinski definition) is 3. The summed E-state index contributed by atoms with van der Waals surface area (Å²) in [7, 11) is 1.65. The van der Waals surface area contributed by atoms with Gasteiger partial charge >= 0.3 is 5.91 Å². The Morgan fingerprint density at radius 2 is 2.31 bits per heavy atom. The first kappa shape index (κ1) is 9.53. The number of amides is 1. The van der Waals surface area contributed by atoms with Crippen molar-refractivity contribution >= 4 is 23.2 Å². The first-order valence-corrected chi connectivity index (χ1v) is 3.96. The van der Waals surface area contributed by atoms with Gasteiger partial charge in [-0.15, -0.1) is 0 Å². The third-order valence-corrected chi connectivity index (χ3v) is 1.57. The van der Waals surface area contributed by atoms with E-state index in [9.17, 15) is 4.79 Å². The zero-order valence-corrected chi connectivity index (χ0v) is 7.77. The second-order valence-electron chi connectivity index (χ2n) is 2.14. The first-order chi connectivity index (χ1) is 6.24. The van der Waals surface area contributed by atoms with Crippen LogP contribution in [0.2, 0.25) is 0 Å². The average Bonchev–Trinajstić information content (AvgIpc) is 2.66. The van der Waals surface area contributed by atoms with Crippen molar-refractivity contribution in [3.8, 4) is 0 Å². The maximum Gasteiger partial charge on any atom is 0.305 e. The molecule has 3 N–H and O–H groups in total. The largest absolute Gasteiger partial charge is 0.459 e. The quantitative estimate of drug-likeness (QED) is 0.439. The number of hydrazine groups is 1. The van der Waals surface area contributed by atoms with Gasteiger partial charge in [-0.25, -0.2) is 0 Å². The van der Waals surface area contributed by atoms with Crippen LogP contribution in [0.4, 0.5) is 0 Å². The van der Waals surface area contributed by atoms with Crippen molar-refractivity contribution < 1.29 is 9.21 Å². The highest BCUT2D eigenvalue weighted by Crippen LogP contribution is 1.97. The van der Waals surface area contributed by atoms with E-state index < -0.39 is 0 Å². The molecule has 1 aromatic heterocycles. The normalized spacial score (nSPS) is 9.00. The lowest BCUT2D eigenvalue weighted by Crippen LogP contribution is -2.45. The predicted molar refractivity (Wildman–Crippen MR) is 51.0 cm³/mol. The Labute approximate surface area is 80.5 Å². The standard InChI is InChI=1S/C7H9N3O2S/c1-8-7(13)10-9-6(11)5-3-2-4-12-5/h2-4H,1H3,(H,9,11)(H2,8,10,13). The molecule has 6 heteroatoms. The van der Waals surface area contributed by atoms with Crippen LogP contribution in [0.3, 0.4) is 0 Å². The summed E-state index contributed by atoms with van der Waals surface area (Å²) in [6.45, 7) is 0. The Morgan fingerprint density at radius 1 is 1.54 bits per heavy atom. The van der Waals surface area contributed by atoms with Crippen LogP contribution in [0.25, 0.3) is 0 Å². The van der Waals surface area contributed by atoms with Crippen LogP contribution in [0.5, 0.6) is 0 Å². The van der Waals surface area contributed by atoms with Gasteiger partial charge in [0.25, 0.3) is 0 Å². The lowest BCUT2D eigenvalue weighted by molar-refractivity contribution is 0.0916.